The molecule has 0 aliphatic carbocycles. The van der Waals surface area contributed by atoms with Gasteiger partial charge in [0.2, 0.25) is 0 Å². The van der Waals surface area contributed by atoms with Gasteiger partial charge in [-0.2, -0.15) is 0 Å². The summed E-state index contributed by atoms with van der Waals surface area (Å²) in [6.07, 6.45) is 0.855. The Kier molecular flexibility index (Phi) is 5.59. The van der Waals surface area contributed by atoms with Gasteiger partial charge in [-0.3, -0.25) is 9.69 Å². The maximum atomic E-state index is 14.8. The minimum Gasteiger partial charge on any atom is -0.338 e. The molecule has 160 valence electrons. The molecule has 3 heterocycles. The van der Waals surface area contributed by atoms with Crippen LogP contribution < -0.4 is 0 Å². The fourth-order valence-corrected chi connectivity index (χ4v) is 5.90. The lowest BCUT2D eigenvalue weighted by Gasteiger charge is -2.39. The SMILES string of the molecule is O=C(c1cccs1)N1CC[C@@H]2[C@H](C1)[C@@H](c1ccc(F)cc1F)CN2Cc1ccccc1. The zero-order valence-electron chi connectivity index (χ0n) is 17.1. The number of nitrogens with zero attached hydrogens (tertiary/aromatic N) is 2. The first-order valence-electron chi connectivity index (χ1n) is 10.7. The van der Waals surface area contributed by atoms with E-state index >= 15 is 0 Å². The maximum absolute atomic E-state index is 14.8. The van der Waals surface area contributed by atoms with E-state index in [1.54, 1.807) is 6.07 Å². The Bertz CT molecular complexity index is 1060. The lowest BCUT2D eigenvalue weighted by molar-refractivity contribution is 0.0588. The average Bonchev–Trinajstić information content (AvgIpc) is 3.43. The number of hydrogen-bond donors (Lipinski definition) is 0. The number of carbonyl (C=O) groups is 1. The predicted octanol–water partition coefficient (Wildman–Crippen LogP) is 5.16. The molecule has 6 heteroatoms. The van der Waals surface area contributed by atoms with Crippen LogP contribution in [0.2, 0.25) is 0 Å². The number of likely N-dealkylation sites (tertiary alicyclic amines) is 2. The third kappa shape index (κ3) is 4.02. The molecular weight excluding hydrogens is 414 g/mol. The van der Waals surface area contributed by atoms with E-state index in [4.69, 9.17) is 0 Å². The second-order valence-corrected chi connectivity index (χ2v) is 9.38. The highest BCUT2D eigenvalue weighted by molar-refractivity contribution is 7.12. The van der Waals surface area contributed by atoms with E-state index in [0.717, 1.165) is 23.9 Å². The van der Waals surface area contributed by atoms with Crippen LogP contribution in [0, 0.1) is 17.6 Å². The molecule has 0 unspecified atom stereocenters. The Balaban J connectivity index is 1.44. The normalized spacial score (nSPS) is 23.7. The first-order chi connectivity index (χ1) is 15.1. The van der Waals surface area contributed by atoms with Crippen LogP contribution in [0.3, 0.4) is 0 Å². The van der Waals surface area contributed by atoms with Crippen LogP contribution >= 0.6 is 11.3 Å². The van der Waals surface area contributed by atoms with Crippen LogP contribution in [0.1, 0.15) is 33.1 Å². The van der Waals surface area contributed by atoms with Crippen molar-refractivity contribution in [2.75, 3.05) is 19.6 Å². The van der Waals surface area contributed by atoms with Crippen LogP contribution in [-0.4, -0.2) is 41.4 Å². The number of halogens is 2. The molecule has 31 heavy (non-hydrogen) atoms. The molecule has 0 spiro atoms. The molecule has 2 fully saturated rings. The van der Waals surface area contributed by atoms with E-state index < -0.39 is 11.6 Å². The van der Waals surface area contributed by atoms with Gasteiger partial charge in [-0.05, 0) is 35.1 Å². The largest absolute Gasteiger partial charge is 0.338 e. The second kappa shape index (κ2) is 8.52. The van der Waals surface area contributed by atoms with E-state index in [9.17, 15) is 13.6 Å². The topological polar surface area (TPSA) is 23.6 Å². The predicted molar refractivity (Wildman–Crippen MR) is 118 cm³/mol. The highest BCUT2D eigenvalue weighted by atomic mass is 32.1. The molecular formula is C25H24F2N2OS. The summed E-state index contributed by atoms with van der Waals surface area (Å²) in [7, 11) is 0. The van der Waals surface area contributed by atoms with Gasteiger partial charge in [0.05, 0.1) is 4.88 Å². The molecule has 0 N–H and O–H groups in total. The highest BCUT2D eigenvalue weighted by Gasteiger charge is 2.46. The zero-order chi connectivity index (χ0) is 21.4. The van der Waals surface area contributed by atoms with Gasteiger partial charge in [0.25, 0.3) is 5.91 Å². The average molecular weight is 439 g/mol. The van der Waals surface area contributed by atoms with Crippen molar-refractivity contribution in [1.29, 1.82) is 0 Å². The van der Waals surface area contributed by atoms with Crippen molar-refractivity contribution in [3.8, 4) is 0 Å². The summed E-state index contributed by atoms with van der Waals surface area (Å²) < 4.78 is 28.3. The van der Waals surface area contributed by atoms with Crippen LogP contribution in [0.5, 0.6) is 0 Å². The summed E-state index contributed by atoms with van der Waals surface area (Å²) in [6, 6.07) is 18.2. The lowest BCUT2D eigenvalue weighted by Crippen LogP contribution is -2.48. The van der Waals surface area contributed by atoms with E-state index in [0.29, 0.717) is 25.2 Å². The standard InChI is InChI=1S/C25H24F2N2OS/c26-18-8-9-19(22(27)13-18)20-15-29(14-17-5-2-1-3-6-17)23-10-11-28(16-21(20)23)25(30)24-7-4-12-31-24/h1-9,12-13,20-21,23H,10-11,14-16H2/t20-,21-,23-/m1/s1. The van der Waals surface area contributed by atoms with Crippen LogP contribution in [0.25, 0.3) is 0 Å². The van der Waals surface area contributed by atoms with Crippen molar-refractivity contribution in [1.82, 2.24) is 9.80 Å². The second-order valence-electron chi connectivity index (χ2n) is 8.44. The number of amides is 1. The fraction of sp³-hybridized carbons (Fsp3) is 0.320. The molecule has 3 aromatic rings. The molecule has 2 aromatic carbocycles. The summed E-state index contributed by atoms with van der Waals surface area (Å²) in [5, 5.41) is 1.91. The van der Waals surface area contributed by atoms with Crippen molar-refractivity contribution >= 4 is 17.2 Å². The van der Waals surface area contributed by atoms with Crippen LogP contribution in [-0.2, 0) is 6.54 Å². The van der Waals surface area contributed by atoms with E-state index in [1.165, 1.54) is 23.0 Å². The third-order valence-corrected chi connectivity index (χ3v) is 7.50. The third-order valence-electron chi connectivity index (χ3n) is 6.65. The molecule has 0 saturated carbocycles. The summed E-state index contributed by atoms with van der Waals surface area (Å²) in [6.45, 7) is 2.78. The van der Waals surface area contributed by atoms with Crippen molar-refractivity contribution in [3.05, 3.63) is 93.7 Å². The molecule has 3 nitrogen and oxygen atoms in total. The number of carbonyl (C=O) groups excluding carboxylic acids is 1. The fourth-order valence-electron chi connectivity index (χ4n) is 5.21. The molecule has 2 saturated heterocycles. The lowest BCUT2D eigenvalue weighted by atomic mass is 9.81. The molecule has 3 atom stereocenters. The van der Waals surface area contributed by atoms with Crippen molar-refractivity contribution in [2.24, 2.45) is 5.92 Å². The van der Waals surface area contributed by atoms with E-state index in [-0.39, 0.29) is 23.8 Å². The zero-order valence-corrected chi connectivity index (χ0v) is 17.9. The van der Waals surface area contributed by atoms with Crippen LogP contribution in [0.15, 0.2) is 66.0 Å². The minimum atomic E-state index is -0.560. The Morgan fingerprint density at radius 3 is 2.61 bits per heavy atom. The Hall–Kier alpha value is -2.57. The number of benzene rings is 2. The number of rotatable bonds is 4. The highest BCUT2D eigenvalue weighted by Crippen LogP contribution is 2.43. The summed E-state index contributed by atoms with van der Waals surface area (Å²) in [4.78, 5) is 18.0. The van der Waals surface area contributed by atoms with Crippen molar-refractivity contribution < 1.29 is 13.6 Å². The molecule has 0 bridgehead atoms. The first-order valence-corrected chi connectivity index (χ1v) is 11.5. The Labute approximate surface area is 184 Å². The van der Waals surface area contributed by atoms with E-state index in [2.05, 4.69) is 17.0 Å². The summed E-state index contributed by atoms with van der Waals surface area (Å²) in [5.74, 6) is -0.968. The van der Waals surface area contributed by atoms with Gasteiger partial charge in [0, 0.05) is 50.1 Å². The smallest absolute Gasteiger partial charge is 0.263 e. The maximum Gasteiger partial charge on any atom is 0.263 e. The molecule has 0 radical (unpaired) electrons. The molecule has 5 rings (SSSR count). The summed E-state index contributed by atoms with van der Waals surface area (Å²) in [5.41, 5.74) is 1.77. The molecule has 1 aromatic heterocycles. The molecule has 1 amide bonds. The quantitative estimate of drug-likeness (QED) is 0.562. The van der Waals surface area contributed by atoms with Crippen molar-refractivity contribution in [2.45, 2.75) is 24.9 Å². The number of hydrogen-bond acceptors (Lipinski definition) is 3. The van der Waals surface area contributed by atoms with Gasteiger partial charge in [-0.25, -0.2) is 8.78 Å². The van der Waals surface area contributed by atoms with E-state index in [1.807, 2.05) is 40.6 Å². The van der Waals surface area contributed by atoms with Gasteiger partial charge >= 0.3 is 0 Å². The number of piperidine rings is 1. The Morgan fingerprint density at radius 1 is 1.03 bits per heavy atom. The Morgan fingerprint density at radius 2 is 1.87 bits per heavy atom. The van der Waals surface area contributed by atoms with Gasteiger partial charge in [0.1, 0.15) is 11.6 Å². The molecule has 2 aliphatic rings. The van der Waals surface area contributed by atoms with Gasteiger partial charge in [-0.1, -0.05) is 42.5 Å². The monoisotopic (exact) mass is 438 g/mol. The van der Waals surface area contributed by atoms with Gasteiger partial charge in [-0.15, -0.1) is 11.3 Å². The number of thiophene rings is 1. The van der Waals surface area contributed by atoms with Gasteiger partial charge < -0.3 is 4.90 Å². The first kappa shape index (κ1) is 20.3. The minimum absolute atomic E-state index is 0.0493. The van der Waals surface area contributed by atoms with Crippen molar-refractivity contribution in [3.63, 3.8) is 0 Å². The summed E-state index contributed by atoms with van der Waals surface area (Å²) >= 11 is 1.45. The number of fused-ring (bicyclic) bond motifs is 1. The van der Waals surface area contributed by atoms with Gasteiger partial charge in [0.15, 0.2) is 0 Å². The van der Waals surface area contributed by atoms with Crippen LogP contribution in [0.4, 0.5) is 8.78 Å². The molecule has 2 aliphatic heterocycles.